The Hall–Kier alpha value is -3.59. The number of amides is 1. The van der Waals surface area contributed by atoms with Crippen LogP contribution < -0.4 is 25.0 Å². The van der Waals surface area contributed by atoms with Crippen LogP contribution in [0.25, 0.3) is 0 Å². The van der Waals surface area contributed by atoms with Gasteiger partial charge in [-0.05, 0) is 73.2 Å². The average Bonchev–Trinajstić information content (AvgIpc) is 3.08. The SMILES string of the molecule is COc1ccccc1COCCCOc1ccc([C@H]2CCNC[C@@H]2OCc2ccc3c(c2)N(CCCNC(C)=O)CCC3)cc1. The summed E-state index contributed by atoms with van der Waals surface area (Å²) in [6.45, 7) is 8.50. The van der Waals surface area contributed by atoms with E-state index in [4.69, 9.17) is 18.9 Å². The highest BCUT2D eigenvalue weighted by Crippen LogP contribution is 2.32. The Balaban J connectivity index is 1.08. The van der Waals surface area contributed by atoms with Crippen LogP contribution in [0, 0.1) is 0 Å². The minimum absolute atomic E-state index is 0.0340. The molecule has 45 heavy (non-hydrogen) atoms. The number of hydrogen-bond acceptors (Lipinski definition) is 7. The van der Waals surface area contributed by atoms with E-state index in [0.29, 0.717) is 38.9 Å². The summed E-state index contributed by atoms with van der Waals surface area (Å²) in [5.74, 6) is 2.11. The molecule has 2 atom stereocenters. The molecule has 0 unspecified atom stereocenters. The number of methoxy groups -OCH3 is 1. The number of carbonyl (C=O) groups is 1. The van der Waals surface area contributed by atoms with E-state index in [1.54, 1.807) is 14.0 Å². The molecule has 2 heterocycles. The van der Waals surface area contributed by atoms with Crippen molar-refractivity contribution in [2.24, 2.45) is 0 Å². The molecule has 0 aliphatic carbocycles. The molecule has 0 spiro atoms. The fraction of sp³-hybridized carbons (Fsp3) is 0.486. The Morgan fingerprint density at radius 3 is 2.73 bits per heavy atom. The van der Waals surface area contributed by atoms with E-state index in [0.717, 1.165) is 68.9 Å². The minimum atomic E-state index is 0.0340. The number of fused-ring (bicyclic) bond motifs is 1. The highest BCUT2D eigenvalue weighted by atomic mass is 16.5. The van der Waals surface area contributed by atoms with Crippen LogP contribution >= 0.6 is 0 Å². The predicted molar refractivity (Wildman–Crippen MR) is 178 cm³/mol. The molecule has 1 amide bonds. The third kappa shape index (κ3) is 9.70. The Morgan fingerprint density at radius 2 is 1.89 bits per heavy atom. The van der Waals surface area contributed by atoms with Gasteiger partial charge in [-0.25, -0.2) is 0 Å². The predicted octanol–water partition coefficient (Wildman–Crippen LogP) is 5.62. The molecule has 0 saturated carbocycles. The lowest BCUT2D eigenvalue weighted by atomic mass is 9.87. The van der Waals surface area contributed by atoms with Gasteiger partial charge in [-0.15, -0.1) is 0 Å². The highest BCUT2D eigenvalue weighted by Gasteiger charge is 2.27. The molecule has 2 aliphatic heterocycles. The van der Waals surface area contributed by atoms with Crippen molar-refractivity contribution in [3.05, 3.63) is 89.0 Å². The summed E-state index contributed by atoms with van der Waals surface area (Å²) in [6.07, 6.45) is 5.19. The van der Waals surface area contributed by atoms with Crippen LogP contribution in [-0.2, 0) is 33.9 Å². The van der Waals surface area contributed by atoms with Crippen LogP contribution in [0.2, 0.25) is 0 Å². The summed E-state index contributed by atoms with van der Waals surface area (Å²) in [5, 5.41) is 6.45. The molecule has 8 nitrogen and oxygen atoms in total. The summed E-state index contributed by atoms with van der Waals surface area (Å²) in [5.41, 5.74) is 6.29. The van der Waals surface area contributed by atoms with Gasteiger partial charge in [-0.1, -0.05) is 42.5 Å². The second kappa shape index (κ2) is 17.2. The molecule has 1 saturated heterocycles. The largest absolute Gasteiger partial charge is 0.496 e. The lowest BCUT2D eigenvalue weighted by molar-refractivity contribution is -0.118. The van der Waals surface area contributed by atoms with E-state index in [1.807, 2.05) is 24.3 Å². The Labute approximate surface area is 268 Å². The topological polar surface area (TPSA) is 81.3 Å². The maximum atomic E-state index is 11.2. The molecule has 8 heteroatoms. The molecule has 242 valence electrons. The molecule has 0 aromatic heterocycles. The first-order chi connectivity index (χ1) is 22.1. The molecule has 0 bridgehead atoms. The number of hydrogen-bond donors (Lipinski definition) is 2. The van der Waals surface area contributed by atoms with Crippen molar-refractivity contribution < 1.29 is 23.7 Å². The van der Waals surface area contributed by atoms with Gasteiger partial charge < -0.3 is 34.5 Å². The zero-order valence-corrected chi connectivity index (χ0v) is 26.9. The van der Waals surface area contributed by atoms with Crippen molar-refractivity contribution in [1.29, 1.82) is 0 Å². The molecule has 5 rings (SSSR count). The van der Waals surface area contributed by atoms with Gasteiger partial charge in [-0.2, -0.15) is 0 Å². The first-order valence-electron chi connectivity index (χ1n) is 16.5. The van der Waals surface area contributed by atoms with Crippen molar-refractivity contribution in [3.8, 4) is 11.5 Å². The zero-order chi connectivity index (χ0) is 31.3. The third-order valence-electron chi connectivity index (χ3n) is 8.69. The second-order valence-corrected chi connectivity index (χ2v) is 12.0. The van der Waals surface area contributed by atoms with Gasteiger partial charge in [0, 0.05) is 56.7 Å². The number of aryl methyl sites for hydroxylation is 1. The molecule has 0 radical (unpaired) electrons. The van der Waals surface area contributed by atoms with Crippen LogP contribution in [0.15, 0.2) is 66.7 Å². The average molecular weight is 616 g/mol. The summed E-state index contributed by atoms with van der Waals surface area (Å²) in [6, 6.07) is 23.3. The van der Waals surface area contributed by atoms with E-state index in [1.165, 1.54) is 28.8 Å². The summed E-state index contributed by atoms with van der Waals surface area (Å²) < 4.78 is 23.8. The molecule has 3 aromatic carbocycles. The lowest BCUT2D eigenvalue weighted by Gasteiger charge is -2.33. The smallest absolute Gasteiger partial charge is 0.216 e. The Bertz CT molecular complexity index is 1350. The number of nitrogens with zero attached hydrogens (tertiary/aromatic N) is 1. The van der Waals surface area contributed by atoms with Crippen LogP contribution in [0.4, 0.5) is 5.69 Å². The van der Waals surface area contributed by atoms with E-state index in [2.05, 4.69) is 58.0 Å². The molecular weight excluding hydrogens is 566 g/mol. The van der Waals surface area contributed by atoms with Gasteiger partial charge in [-0.3, -0.25) is 4.79 Å². The Kier molecular flexibility index (Phi) is 12.5. The van der Waals surface area contributed by atoms with Crippen LogP contribution in [0.1, 0.15) is 60.8 Å². The maximum absolute atomic E-state index is 11.2. The number of para-hydroxylation sites is 1. The highest BCUT2D eigenvalue weighted by molar-refractivity contribution is 5.72. The number of rotatable bonds is 16. The quantitative estimate of drug-likeness (QED) is 0.203. The molecular formula is C37H49N3O5. The normalized spacial score (nSPS) is 17.9. The first-order valence-corrected chi connectivity index (χ1v) is 16.5. The van der Waals surface area contributed by atoms with E-state index < -0.39 is 0 Å². The third-order valence-corrected chi connectivity index (χ3v) is 8.69. The van der Waals surface area contributed by atoms with Crippen molar-refractivity contribution in [2.45, 2.75) is 64.3 Å². The van der Waals surface area contributed by atoms with E-state index >= 15 is 0 Å². The van der Waals surface area contributed by atoms with Gasteiger partial charge in [0.15, 0.2) is 0 Å². The standard InChI is InChI=1S/C37H49N3O5/c1-28(41)39-18-6-21-40-20-5-9-31-12-11-29(24-35(31)40)26-45-37-25-38-19-17-34(37)30-13-15-33(16-14-30)44-23-7-22-43-27-32-8-3-4-10-36(32)42-2/h3-4,8,10-16,24,34,37-38H,5-7,9,17-23,25-27H2,1-2H3,(H,39,41)/t34-,37+/m1/s1. The van der Waals surface area contributed by atoms with Gasteiger partial charge >= 0.3 is 0 Å². The molecule has 1 fully saturated rings. The number of piperidine rings is 1. The van der Waals surface area contributed by atoms with E-state index in [-0.39, 0.29) is 12.0 Å². The van der Waals surface area contributed by atoms with Crippen molar-refractivity contribution in [1.82, 2.24) is 10.6 Å². The second-order valence-electron chi connectivity index (χ2n) is 12.0. The lowest BCUT2D eigenvalue weighted by Crippen LogP contribution is -2.41. The fourth-order valence-electron chi connectivity index (χ4n) is 6.31. The number of benzene rings is 3. The zero-order valence-electron chi connectivity index (χ0n) is 26.9. The van der Waals surface area contributed by atoms with Gasteiger partial charge in [0.05, 0.1) is 39.6 Å². The fourth-order valence-corrected chi connectivity index (χ4v) is 6.31. The number of anilines is 1. The minimum Gasteiger partial charge on any atom is -0.496 e. The number of nitrogens with one attached hydrogen (secondary N) is 2. The summed E-state index contributed by atoms with van der Waals surface area (Å²) in [7, 11) is 1.68. The monoisotopic (exact) mass is 615 g/mol. The summed E-state index contributed by atoms with van der Waals surface area (Å²) in [4.78, 5) is 13.7. The molecule has 2 aliphatic rings. The first kappa shape index (κ1) is 32.8. The van der Waals surface area contributed by atoms with Crippen LogP contribution in [0.3, 0.4) is 0 Å². The van der Waals surface area contributed by atoms with E-state index in [9.17, 15) is 4.79 Å². The number of carbonyl (C=O) groups excluding carboxylic acids is 1. The van der Waals surface area contributed by atoms with Crippen LogP contribution in [0.5, 0.6) is 11.5 Å². The molecule has 3 aromatic rings. The maximum Gasteiger partial charge on any atom is 0.216 e. The van der Waals surface area contributed by atoms with Crippen molar-refractivity contribution in [2.75, 3.05) is 57.9 Å². The van der Waals surface area contributed by atoms with Gasteiger partial charge in [0.2, 0.25) is 5.91 Å². The van der Waals surface area contributed by atoms with Crippen LogP contribution in [-0.4, -0.2) is 65.1 Å². The van der Waals surface area contributed by atoms with Crippen molar-refractivity contribution in [3.63, 3.8) is 0 Å². The van der Waals surface area contributed by atoms with Crippen molar-refractivity contribution >= 4 is 11.6 Å². The number of ether oxygens (including phenoxy) is 4. The molecule has 2 N–H and O–H groups in total. The summed E-state index contributed by atoms with van der Waals surface area (Å²) >= 11 is 0. The Morgan fingerprint density at radius 1 is 1.02 bits per heavy atom. The van der Waals surface area contributed by atoms with Gasteiger partial charge in [0.1, 0.15) is 11.5 Å². The van der Waals surface area contributed by atoms with Gasteiger partial charge in [0.25, 0.3) is 0 Å².